The number of aromatic nitrogens is 3. The summed E-state index contributed by atoms with van der Waals surface area (Å²) in [7, 11) is 0. The number of carbonyl (C=O) groups is 1. The summed E-state index contributed by atoms with van der Waals surface area (Å²) in [5.74, 6) is -1.19. The second kappa shape index (κ2) is 9.34. The van der Waals surface area contributed by atoms with Crippen LogP contribution in [0.4, 0.5) is 23.4 Å². The molecule has 2 heterocycles. The molecule has 0 saturated carbocycles. The fourth-order valence-corrected chi connectivity index (χ4v) is 3.22. The molecular weight excluding hydrogens is 438 g/mol. The Hall–Kier alpha value is -3.14. The highest BCUT2D eigenvalue weighted by Gasteiger charge is 2.34. The Morgan fingerprint density at radius 2 is 1.87 bits per heavy atom. The van der Waals surface area contributed by atoms with Crippen LogP contribution in [-0.4, -0.2) is 33.8 Å². The van der Waals surface area contributed by atoms with Crippen LogP contribution in [0.1, 0.15) is 27.2 Å². The minimum absolute atomic E-state index is 0.0201. The zero-order valence-corrected chi connectivity index (χ0v) is 17.1. The van der Waals surface area contributed by atoms with Crippen molar-refractivity contribution >= 4 is 23.3 Å². The minimum atomic E-state index is -4.54. The number of aryl methyl sites for hydroxylation is 1. The average Bonchev–Trinajstić information content (AvgIpc) is 2.99. The van der Waals surface area contributed by atoms with Gasteiger partial charge in [0.05, 0.1) is 23.4 Å². The molecule has 6 nitrogen and oxygen atoms in total. The lowest BCUT2D eigenvalue weighted by atomic mass is 10.2. The van der Waals surface area contributed by atoms with Gasteiger partial charge in [0.1, 0.15) is 16.8 Å². The first kappa shape index (κ1) is 22.5. The molecule has 2 aromatic heterocycles. The van der Waals surface area contributed by atoms with Gasteiger partial charge < -0.3 is 10.6 Å². The largest absolute Gasteiger partial charge is 0.419 e. The van der Waals surface area contributed by atoms with Gasteiger partial charge in [-0.25, -0.2) is 14.1 Å². The van der Waals surface area contributed by atoms with Crippen LogP contribution in [0.3, 0.4) is 0 Å². The van der Waals surface area contributed by atoms with Crippen molar-refractivity contribution in [2.24, 2.45) is 0 Å². The van der Waals surface area contributed by atoms with E-state index in [0.29, 0.717) is 5.69 Å². The van der Waals surface area contributed by atoms with Crippen molar-refractivity contribution in [2.75, 3.05) is 18.4 Å². The Bertz CT molecular complexity index is 1070. The van der Waals surface area contributed by atoms with Gasteiger partial charge in [-0.2, -0.15) is 18.3 Å². The highest BCUT2D eigenvalue weighted by atomic mass is 35.5. The van der Waals surface area contributed by atoms with Gasteiger partial charge in [0.25, 0.3) is 5.91 Å². The number of amides is 1. The molecule has 1 aromatic carbocycles. The quantitative estimate of drug-likeness (QED) is 0.412. The highest BCUT2D eigenvalue weighted by Crippen LogP contribution is 2.33. The van der Waals surface area contributed by atoms with E-state index in [0.717, 1.165) is 11.6 Å². The second-order valence-electron chi connectivity index (χ2n) is 6.62. The van der Waals surface area contributed by atoms with Gasteiger partial charge in [-0.05, 0) is 36.8 Å². The second-order valence-corrected chi connectivity index (χ2v) is 6.97. The third kappa shape index (κ3) is 5.52. The lowest BCUT2D eigenvalue weighted by Gasteiger charge is -2.13. The van der Waals surface area contributed by atoms with Crippen molar-refractivity contribution in [1.29, 1.82) is 0 Å². The van der Waals surface area contributed by atoms with Crippen molar-refractivity contribution in [1.82, 2.24) is 20.1 Å². The molecule has 0 aliphatic heterocycles. The Morgan fingerprint density at radius 3 is 2.55 bits per heavy atom. The molecule has 0 aliphatic carbocycles. The number of nitrogens with zero attached hydrogens (tertiary/aromatic N) is 3. The maximum absolute atomic E-state index is 13.0. The molecule has 2 N–H and O–H groups in total. The maximum Gasteiger partial charge on any atom is 0.419 e. The molecular formula is C20H18ClF4N5O. The highest BCUT2D eigenvalue weighted by molar-refractivity contribution is 6.33. The standard InChI is InChI=1S/C20H18ClF4N5O/c1-12-16(17(21)30(29-12)11-13-4-6-14(22)7-5-13)19(31)28-10-9-27-18-15(20(23,24)25)3-2-8-26-18/h2-8H,9-11H2,1H3,(H,26,27)(H,28,31). The molecule has 0 unspecified atom stereocenters. The van der Waals surface area contributed by atoms with Crippen LogP contribution in [0.5, 0.6) is 0 Å². The van der Waals surface area contributed by atoms with Crippen LogP contribution in [0.15, 0.2) is 42.6 Å². The topological polar surface area (TPSA) is 71.8 Å². The summed E-state index contributed by atoms with van der Waals surface area (Å²) >= 11 is 6.30. The van der Waals surface area contributed by atoms with E-state index < -0.39 is 17.6 Å². The van der Waals surface area contributed by atoms with Gasteiger partial charge in [0, 0.05) is 19.3 Å². The first-order chi connectivity index (χ1) is 14.7. The van der Waals surface area contributed by atoms with Crippen LogP contribution < -0.4 is 10.6 Å². The molecule has 1 amide bonds. The van der Waals surface area contributed by atoms with Gasteiger partial charge in [-0.3, -0.25) is 4.79 Å². The number of hydrogen-bond donors (Lipinski definition) is 2. The fraction of sp³-hybridized carbons (Fsp3) is 0.250. The smallest absolute Gasteiger partial charge is 0.368 e. The van der Waals surface area contributed by atoms with Crippen LogP contribution >= 0.6 is 11.6 Å². The van der Waals surface area contributed by atoms with Crippen molar-refractivity contribution in [3.05, 3.63) is 75.9 Å². The van der Waals surface area contributed by atoms with Crippen molar-refractivity contribution in [3.8, 4) is 0 Å². The van der Waals surface area contributed by atoms with E-state index in [1.165, 1.54) is 29.1 Å². The van der Waals surface area contributed by atoms with Gasteiger partial charge in [-0.15, -0.1) is 0 Å². The van der Waals surface area contributed by atoms with E-state index in [4.69, 9.17) is 11.6 Å². The monoisotopic (exact) mass is 455 g/mol. The molecule has 3 aromatic rings. The summed E-state index contributed by atoms with van der Waals surface area (Å²) in [5, 5.41) is 9.51. The predicted octanol–water partition coefficient (Wildman–Crippen LogP) is 4.29. The number of anilines is 1. The van der Waals surface area contributed by atoms with E-state index in [9.17, 15) is 22.4 Å². The normalized spacial score (nSPS) is 11.4. The van der Waals surface area contributed by atoms with Crippen molar-refractivity contribution < 1.29 is 22.4 Å². The lowest BCUT2D eigenvalue weighted by molar-refractivity contribution is -0.137. The predicted molar refractivity (Wildman–Crippen MR) is 108 cm³/mol. The zero-order chi connectivity index (χ0) is 22.6. The summed E-state index contributed by atoms with van der Waals surface area (Å²) in [6, 6.07) is 7.91. The number of carbonyl (C=O) groups excluding carboxylic acids is 1. The SMILES string of the molecule is Cc1nn(Cc2ccc(F)cc2)c(Cl)c1C(=O)NCCNc1ncccc1C(F)(F)F. The zero-order valence-electron chi connectivity index (χ0n) is 16.3. The molecule has 0 atom stereocenters. The summed E-state index contributed by atoms with van der Waals surface area (Å²) in [6.07, 6.45) is -3.29. The minimum Gasteiger partial charge on any atom is -0.368 e. The van der Waals surface area contributed by atoms with E-state index in [2.05, 4.69) is 20.7 Å². The number of rotatable bonds is 7. The van der Waals surface area contributed by atoms with Gasteiger partial charge in [0.15, 0.2) is 0 Å². The first-order valence-electron chi connectivity index (χ1n) is 9.18. The Labute approximate surface area is 180 Å². The lowest BCUT2D eigenvalue weighted by Crippen LogP contribution is -2.29. The summed E-state index contributed by atoms with van der Waals surface area (Å²) in [5.41, 5.74) is 0.416. The van der Waals surface area contributed by atoms with Gasteiger partial charge in [0.2, 0.25) is 0 Å². The van der Waals surface area contributed by atoms with Crippen LogP contribution in [0.25, 0.3) is 0 Å². The summed E-state index contributed by atoms with van der Waals surface area (Å²) in [4.78, 5) is 16.2. The summed E-state index contributed by atoms with van der Waals surface area (Å²) < 4.78 is 53.4. The molecule has 3 rings (SSSR count). The Morgan fingerprint density at radius 1 is 1.16 bits per heavy atom. The molecule has 0 spiro atoms. The third-order valence-corrected chi connectivity index (χ3v) is 4.74. The van der Waals surface area contributed by atoms with E-state index >= 15 is 0 Å². The Kier molecular flexibility index (Phi) is 6.79. The maximum atomic E-state index is 13.0. The number of pyridine rings is 1. The molecule has 31 heavy (non-hydrogen) atoms. The van der Waals surface area contributed by atoms with Gasteiger partial charge in [-0.1, -0.05) is 23.7 Å². The van der Waals surface area contributed by atoms with Crippen LogP contribution in [-0.2, 0) is 12.7 Å². The van der Waals surface area contributed by atoms with Crippen molar-refractivity contribution in [3.63, 3.8) is 0 Å². The number of nitrogens with one attached hydrogen (secondary N) is 2. The van der Waals surface area contributed by atoms with Crippen LogP contribution in [0.2, 0.25) is 5.15 Å². The molecule has 164 valence electrons. The fourth-order valence-electron chi connectivity index (χ4n) is 2.90. The molecule has 11 heteroatoms. The number of alkyl halides is 3. The molecule has 0 aliphatic rings. The van der Waals surface area contributed by atoms with Gasteiger partial charge >= 0.3 is 6.18 Å². The molecule has 0 bridgehead atoms. The Balaban J connectivity index is 1.60. The van der Waals surface area contributed by atoms with Crippen molar-refractivity contribution in [2.45, 2.75) is 19.6 Å². The van der Waals surface area contributed by atoms with E-state index in [-0.39, 0.29) is 42.0 Å². The van der Waals surface area contributed by atoms with Crippen LogP contribution in [0, 0.1) is 12.7 Å². The third-order valence-electron chi connectivity index (χ3n) is 4.35. The van der Waals surface area contributed by atoms with E-state index in [1.807, 2.05) is 0 Å². The molecule has 0 saturated heterocycles. The molecule has 0 radical (unpaired) electrons. The van der Waals surface area contributed by atoms with E-state index in [1.54, 1.807) is 19.1 Å². The molecule has 0 fully saturated rings. The number of hydrogen-bond acceptors (Lipinski definition) is 4. The number of benzene rings is 1. The summed E-state index contributed by atoms with van der Waals surface area (Å²) in [6.45, 7) is 1.91. The number of halogens is 5. The first-order valence-corrected chi connectivity index (χ1v) is 9.56. The average molecular weight is 456 g/mol.